The number of hydrogen-bond donors (Lipinski definition) is 1. The van der Waals surface area contributed by atoms with Crippen LogP contribution in [0.4, 0.5) is 5.69 Å². The van der Waals surface area contributed by atoms with Crippen molar-refractivity contribution in [2.75, 3.05) is 11.9 Å². The lowest BCUT2D eigenvalue weighted by atomic mass is 10.1. The zero-order valence-corrected chi connectivity index (χ0v) is 24.2. The number of anilines is 1. The Hall–Kier alpha value is -1.55. The molecule has 2 aromatic carbocycles. The van der Waals surface area contributed by atoms with Crippen LogP contribution >= 0.6 is 73.9 Å². The fourth-order valence-electron chi connectivity index (χ4n) is 3.61. The molecule has 1 heterocycles. The standard InChI is InChI=1S/C23H18BrCl5N2O5/c1-3-4-5-12(23(35)36-8-13(32)30-11-7-6-10(24)16(25)9(11)2)31-21(33)14-15(22(31)34)18(27)20(29)19(28)17(14)26/h6-7,12H,3-5,8H2,1-2H3,(H,30,32)/t12-/m1/s1. The number of amides is 3. The molecule has 1 N–H and O–H groups in total. The average Bonchev–Trinajstić information content (AvgIpc) is 3.10. The third-order valence-electron chi connectivity index (χ3n) is 5.51. The summed E-state index contributed by atoms with van der Waals surface area (Å²) in [6.45, 7) is 2.93. The van der Waals surface area contributed by atoms with Crippen LogP contribution in [0.15, 0.2) is 16.6 Å². The van der Waals surface area contributed by atoms with Crippen molar-refractivity contribution >= 4 is 103 Å². The van der Waals surface area contributed by atoms with E-state index in [0.717, 1.165) is 4.90 Å². The third-order valence-corrected chi connectivity index (χ3v) is 8.68. The van der Waals surface area contributed by atoms with Crippen molar-refractivity contribution in [2.24, 2.45) is 0 Å². The molecular weight excluding hydrogens is 641 g/mol. The van der Waals surface area contributed by atoms with E-state index in [1.165, 1.54) is 0 Å². The smallest absolute Gasteiger partial charge is 0.329 e. The first-order valence-electron chi connectivity index (χ1n) is 10.6. The summed E-state index contributed by atoms with van der Waals surface area (Å²) in [6, 6.07) is 1.98. The minimum atomic E-state index is -1.32. The lowest BCUT2D eigenvalue weighted by molar-refractivity contribution is -0.151. The number of nitrogens with zero attached hydrogens (tertiary/aromatic N) is 1. The molecule has 0 saturated heterocycles. The van der Waals surface area contributed by atoms with Crippen LogP contribution < -0.4 is 5.32 Å². The van der Waals surface area contributed by atoms with Gasteiger partial charge in [0.2, 0.25) is 0 Å². The van der Waals surface area contributed by atoms with Crippen LogP contribution in [0, 0.1) is 6.92 Å². The summed E-state index contributed by atoms with van der Waals surface area (Å²) >= 11 is 34.0. The summed E-state index contributed by atoms with van der Waals surface area (Å²) in [5.41, 5.74) is 0.570. The van der Waals surface area contributed by atoms with Gasteiger partial charge in [0, 0.05) is 10.2 Å². The number of nitrogens with one attached hydrogen (secondary N) is 1. The number of carbonyl (C=O) groups is 4. The first kappa shape index (κ1) is 29.0. The number of benzene rings is 2. The Bertz CT molecular complexity index is 1240. The number of esters is 1. The number of fused-ring (bicyclic) bond motifs is 1. The summed E-state index contributed by atoms with van der Waals surface area (Å²) in [5.74, 6) is -3.29. The number of halogens is 6. The van der Waals surface area contributed by atoms with E-state index in [9.17, 15) is 19.2 Å². The summed E-state index contributed by atoms with van der Waals surface area (Å²) in [4.78, 5) is 52.5. The SMILES string of the molecule is CCCC[C@H](C(=O)OCC(=O)Nc1ccc(Br)c(Cl)c1C)N1C(=O)c2c(Cl)c(Cl)c(Cl)c(Cl)c2C1=O. The first-order chi connectivity index (χ1) is 16.9. The van der Waals surface area contributed by atoms with Crippen molar-refractivity contribution in [1.82, 2.24) is 4.90 Å². The van der Waals surface area contributed by atoms with E-state index >= 15 is 0 Å². The molecule has 0 fully saturated rings. The van der Waals surface area contributed by atoms with Crippen LogP contribution in [-0.4, -0.2) is 41.2 Å². The third kappa shape index (κ3) is 5.49. The maximum atomic E-state index is 13.2. The van der Waals surface area contributed by atoms with E-state index in [0.29, 0.717) is 33.6 Å². The largest absolute Gasteiger partial charge is 0.454 e. The normalized spacial score (nSPS) is 13.6. The average molecular weight is 660 g/mol. The number of hydrogen-bond acceptors (Lipinski definition) is 5. The topological polar surface area (TPSA) is 92.8 Å². The molecule has 0 unspecified atom stereocenters. The van der Waals surface area contributed by atoms with Crippen molar-refractivity contribution < 1.29 is 23.9 Å². The zero-order chi connectivity index (χ0) is 26.9. The van der Waals surface area contributed by atoms with Gasteiger partial charge in [0.25, 0.3) is 17.7 Å². The molecule has 7 nitrogen and oxygen atoms in total. The molecule has 13 heteroatoms. The minimum absolute atomic E-state index is 0.0978. The van der Waals surface area contributed by atoms with Gasteiger partial charge in [-0.15, -0.1) is 0 Å². The first-order valence-corrected chi connectivity index (χ1v) is 13.2. The van der Waals surface area contributed by atoms with Crippen LogP contribution in [0.5, 0.6) is 0 Å². The zero-order valence-electron chi connectivity index (χ0n) is 18.8. The van der Waals surface area contributed by atoms with Crippen LogP contribution in [-0.2, 0) is 14.3 Å². The van der Waals surface area contributed by atoms with E-state index in [2.05, 4.69) is 21.2 Å². The number of imide groups is 1. The highest BCUT2D eigenvalue weighted by molar-refractivity contribution is 9.10. The Balaban J connectivity index is 1.81. The molecule has 1 aliphatic rings. The fraction of sp³-hybridized carbons (Fsp3) is 0.304. The van der Waals surface area contributed by atoms with E-state index < -0.39 is 36.3 Å². The van der Waals surface area contributed by atoms with E-state index in [1.807, 2.05) is 6.92 Å². The van der Waals surface area contributed by atoms with Gasteiger partial charge in [0.15, 0.2) is 6.61 Å². The Kier molecular flexibility index (Phi) is 9.57. The predicted octanol–water partition coefficient (Wildman–Crippen LogP) is 7.36. The maximum Gasteiger partial charge on any atom is 0.329 e. The van der Waals surface area contributed by atoms with E-state index in [4.69, 9.17) is 62.7 Å². The van der Waals surface area contributed by atoms with Gasteiger partial charge in [-0.05, 0) is 47.0 Å². The fourth-order valence-corrected chi connectivity index (χ4v) is 5.21. The van der Waals surface area contributed by atoms with Crippen molar-refractivity contribution in [3.63, 3.8) is 0 Å². The molecular formula is C23H18BrCl5N2O5. The highest BCUT2D eigenvalue weighted by Crippen LogP contribution is 2.45. The molecule has 2 aromatic rings. The molecule has 1 atom stereocenters. The number of rotatable bonds is 8. The molecule has 0 bridgehead atoms. The van der Waals surface area contributed by atoms with Crippen LogP contribution in [0.2, 0.25) is 25.1 Å². The Morgan fingerprint density at radius 3 is 2.06 bits per heavy atom. The van der Waals surface area contributed by atoms with Gasteiger partial charge in [0.05, 0.1) is 36.2 Å². The van der Waals surface area contributed by atoms with Crippen LogP contribution in [0.3, 0.4) is 0 Å². The Morgan fingerprint density at radius 2 is 1.53 bits per heavy atom. The van der Waals surface area contributed by atoms with E-state index in [-0.39, 0.29) is 37.6 Å². The molecule has 1 aliphatic heterocycles. The predicted molar refractivity (Wildman–Crippen MR) is 144 cm³/mol. The highest BCUT2D eigenvalue weighted by Gasteiger charge is 2.47. The van der Waals surface area contributed by atoms with E-state index in [1.54, 1.807) is 19.1 Å². The molecule has 0 aliphatic carbocycles. The lowest BCUT2D eigenvalue weighted by Crippen LogP contribution is -2.46. The Labute approximate surface area is 240 Å². The van der Waals surface area contributed by atoms with Gasteiger partial charge in [0.1, 0.15) is 6.04 Å². The van der Waals surface area contributed by atoms with Crippen LogP contribution in [0.25, 0.3) is 0 Å². The quantitative estimate of drug-likeness (QED) is 0.138. The number of carbonyl (C=O) groups excluding carboxylic acids is 4. The maximum absolute atomic E-state index is 13.2. The summed E-state index contributed by atoms with van der Waals surface area (Å²) in [5, 5.41) is 2.18. The molecule has 0 aromatic heterocycles. The summed E-state index contributed by atoms with van der Waals surface area (Å²) in [7, 11) is 0. The second-order valence-corrected chi connectivity index (χ2v) is 10.6. The van der Waals surface area contributed by atoms with Crippen molar-refractivity contribution in [3.8, 4) is 0 Å². The lowest BCUT2D eigenvalue weighted by Gasteiger charge is -2.24. The molecule has 3 rings (SSSR count). The molecule has 0 spiro atoms. The second kappa shape index (κ2) is 11.9. The molecule has 36 heavy (non-hydrogen) atoms. The van der Waals surface area contributed by atoms with Gasteiger partial charge in [-0.1, -0.05) is 77.8 Å². The van der Waals surface area contributed by atoms with Gasteiger partial charge in [-0.3, -0.25) is 19.3 Å². The molecule has 3 amide bonds. The van der Waals surface area contributed by atoms with Gasteiger partial charge < -0.3 is 10.1 Å². The van der Waals surface area contributed by atoms with Crippen molar-refractivity contribution in [3.05, 3.63) is 58.4 Å². The molecule has 0 saturated carbocycles. The molecule has 0 radical (unpaired) electrons. The van der Waals surface area contributed by atoms with Crippen molar-refractivity contribution in [2.45, 2.75) is 39.2 Å². The summed E-state index contributed by atoms with van der Waals surface area (Å²) < 4.78 is 5.85. The van der Waals surface area contributed by atoms with Gasteiger partial charge in [-0.25, -0.2) is 4.79 Å². The van der Waals surface area contributed by atoms with Gasteiger partial charge in [-0.2, -0.15) is 0 Å². The monoisotopic (exact) mass is 656 g/mol. The summed E-state index contributed by atoms with van der Waals surface area (Å²) in [6.07, 6.45) is 1.25. The Morgan fingerprint density at radius 1 is 0.972 bits per heavy atom. The number of ether oxygens (including phenoxy) is 1. The second-order valence-electron chi connectivity index (χ2n) is 7.83. The van der Waals surface area contributed by atoms with Crippen molar-refractivity contribution in [1.29, 1.82) is 0 Å². The number of unbranched alkanes of at least 4 members (excludes halogenated alkanes) is 1. The molecule has 192 valence electrons. The highest BCUT2D eigenvalue weighted by atomic mass is 79.9. The van der Waals surface area contributed by atoms with Gasteiger partial charge >= 0.3 is 5.97 Å². The minimum Gasteiger partial charge on any atom is -0.454 e. The van der Waals surface area contributed by atoms with Crippen LogP contribution in [0.1, 0.15) is 52.5 Å².